The van der Waals surface area contributed by atoms with E-state index in [9.17, 15) is 0 Å². The van der Waals surface area contributed by atoms with E-state index in [4.69, 9.17) is 18.0 Å². The quantitative estimate of drug-likeness (QED) is 0.464. The van der Waals surface area contributed by atoms with Crippen molar-refractivity contribution < 1.29 is 0 Å². The fraction of sp³-hybridized carbons (Fsp3) is 0.167. The lowest BCUT2D eigenvalue weighted by molar-refractivity contribution is 1.04. The summed E-state index contributed by atoms with van der Waals surface area (Å²) in [6, 6.07) is 9.85. The summed E-state index contributed by atoms with van der Waals surface area (Å²) in [7, 11) is 0. The Morgan fingerprint density at radius 1 is 1.19 bits per heavy atom. The topological polar surface area (TPSA) is 12.9 Å². The van der Waals surface area contributed by atoms with Crippen LogP contribution >= 0.6 is 27.5 Å². The van der Waals surface area contributed by atoms with Crippen LogP contribution in [0.25, 0.3) is 0 Å². The van der Waals surface area contributed by atoms with E-state index in [-0.39, 0.29) is 5.92 Å². The molecular formula is C18H19BrClN. The first-order valence-corrected chi connectivity index (χ1v) is 7.71. The smallest absolute Gasteiger partial charge is 0.0729 e. The lowest BCUT2D eigenvalue weighted by atomic mass is 9.93. The molecule has 0 aliphatic heterocycles. The maximum Gasteiger partial charge on any atom is 0.0729 e. The van der Waals surface area contributed by atoms with Crippen LogP contribution in [0.15, 0.2) is 60.4 Å². The zero-order valence-electron chi connectivity index (χ0n) is 12.3. The van der Waals surface area contributed by atoms with Crippen LogP contribution in [0.4, 0.5) is 0 Å². The van der Waals surface area contributed by atoms with Crippen molar-refractivity contribution in [1.82, 2.24) is 4.98 Å². The van der Waals surface area contributed by atoms with Gasteiger partial charge in [0.2, 0.25) is 0 Å². The average Bonchev–Trinajstić information content (AvgIpc) is 2.57. The number of hydrogen-bond acceptors (Lipinski definition) is 1. The highest BCUT2D eigenvalue weighted by molar-refractivity contribution is 9.10. The number of benzene rings is 1. The van der Waals surface area contributed by atoms with Gasteiger partial charge >= 0.3 is 0 Å². The van der Waals surface area contributed by atoms with Crippen LogP contribution < -0.4 is 0 Å². The monoisotopic (exact) mass is 363 g/mol. The summed E-state index contributed by atoms with van der Waals surface area (Å²) in [4.78, 5) is 4.11. The predicted octanol–water partition coefficient (Wildman–Crippen LogP) is 6.09. The van der Waals surface area contributed by atoms with E-state index in [1.54, 1.807) is 12.4 Å². The molecule has 0 amide bonds. The molecule has 1 aromatic carbocycles. The highest BCUT2D eigenvalue weighted by Gasteiger charge is 2.16. The minimum atomic E-state index is -0.173. The Kier molecular flexibility index (Phi) is 10.3. The first-order valence-electron chi connectivity index (χ1n) is 6.54. The number of rotatable bonds is 2. The fourth-order valence-corrected chi connectivity index (χ4v) is 2.20. The van der Waals surface area contributed by atoms with Crippen molar-refractivity contribution in [2.24, 2.45) is 0 Å². The molecule has 1 unspecified atom stereocenters. The highest BCUT2D eigenvalue weighted by atomic mass is 79.9. The summed E-state index contributed by atoms with van der Waals surface area (Å²) in [5.74, 6) is 2.58. The molecule has 0 saturated carbocycles. The Balaban J connectivity index is 0.000000921. The molecule has 21 heavy (non-hydrogen) atoms. The molecule has 0 spiro atoms. The second-order valence-electron chi connectivity index (χ2n) is 3.53. The third-order valence-electron chi connectivity index (χ3n) is 2.48. The van der Waals surface area contributed by atoms with E-state index in [0.29, 0.717) is 5.02 Å². The normalized spacial score (nSPS) is 10.0. The van der Waals surface area contributed by atoms with E-state index in [1.165, 1.54) is 0 Å². The molecule has 0 aliphatic carbocycles. The Morgan fingerprint density at radius 2 is 1.76 bits per heavy atom. The van der Waals surface area contributed by atoms with Gasteiger partial charge in [-0.2, -0.15) is 0 Å². The maximum absolute atomic E-state index is 6.23. The number of hydrogen-bond donors (Lipinski definition) is 0. The van der Waals surface area contributed by atoms with Gasteiger partial charge in [-0.3, -0.25) is 4.98 Å². The van der Waals surface area contributed by atoms with Crippen LogP contribution in [0.1, 0.15) is 30.9 Å². The lowest BCUT2D eigenvalue weighted by Gasteiger charge is -2.13. The Labute approximate surface area is 141 Å². The van der Waals surface area contributed by atoms with Gasteiger partial charge in [-0.15, -0.1) is 19.6 Å². The van der Waals surface area contributed by atoms with Gasteiger partial charge in [0.05, 0.1) is 15.4 Å². The van der Waals surface area contributed by atoms with Crippen LogP contribution in [0, 0.1) is 12.3 Å². The largest absolute Gasteiger partial charge is 0.263 e. The van der Waals surface area contributed by atoms with Crippen LogP contribution in [0.3, 0.4) is 0 Å². The maximum atomic E-state index is 6.23. The third-order valence-corrected chi connectivity index (χ3v) is 3.73. The van der Waals surface area contributed by atoms with Crippen molar-refractivity contribution in [1.29, 1.82) is 0 Å². The van der Waals surface area contributed by atoms with Gasteiger partial charge in [0.25, 0.3) is 0 Å². The summed E-state index contributed by atoms with van der Waals surface area (Å²) in [6.07, 6.45) is 8.97. The van der Waals surface area contributed by atoms with E-state index in [0.717, 1.165) is 15.6 Å². The number of terminal acetylenes is 1. The molecule has 0 fully saturated rings. The van der Waals surface area contributed by atoms with Gasteiger partial charge in [-0.25, -0.2) is 0 Å². The van der Waals surface area contributed by atoms with Gasteiger partial charge in [0.15, 0.2) is 0 Å². The van der Waals surface area contributed by atoms with Gasteiger partial charge in [-0.05, 0) is 21.5 Å². The Bertz CT molecular complexity index is 576. The SMILES string of the molecule is C#CC(c1ccccc1)c1cncc(Br)c1Cl.C=C.CC. The van der Waals surface area contributed by atoms with Gasteiger partial charge < -0.3 is 0 Å². The van der Waals surface area contributed by atoms with Crippen molar-refractivity contribution in [3.63, 3.8) is 0 Å². The number of nitrogens with zero attached hydrogens (tertiary/aromatic N) is 1. The molecule has 0 N–H and O–H groups in total. The summed E-state index contributed by atoms with van der Waals surface area (Å²) in [5, 5.41) is 0.617. The fourth-order valence-electron chi connectivity index (χ4n) is 1.65. The van der Waals surface area contributed by atoms with Crippen molar-refractivity contribution >= 4 is 27.5 Å². The molecule has 3 heteroatoms. The molecule has 2 rings (SSSR count). The first-order chi connectivity index (χ1) is 10.2. The van der Waals surface area contributed by atoms with E-state index >= 15 is 0 Å². The molecule has 0 aliphatic rings. The molecule has 0 radical (unpaired) electrons. The predicted molar refractivity (Wildman–Crippen MR) is 96.7 cm³/mol. The molecule has 110 valence electrons. The van der Waals surface area contributed by atoms with Crippen molar-refractivity contribution in [2.45, 2.75) is 19.8 Å². The zero-order valence-corrected chi connectivity index (χ0v) is 14.7. The highest BCUT2D eigenvalue weighted by Crippen LogP contribution is 2.33. The first kappa shape index (κ1) is 19.4. The number of aromatic nitrogens is 1. The van der Waals surface area contributed by atoms with Gasteiger partial charge in [0.1, 0.15) is 0 Å². The Morgan fingerprint density at radius 3 is 2.29 bits per heavy atom. The molecule has 1 heterocycles. The van der Waals surface area contributed by atoms with Crippen LogP contribution in [-0.2, 0) is 0 Å². The summed E-state index contributed by atoms with van der Waals surface area (Å²) < 4.78 is 0.757. The Hall–Kier alpha value is -1.56. The molecule has 0 bridgehead atoms. The number of halogens is 2. The van der Waals surface area contributed by atoms with Gasteiger partial charge in [0, 0.05) is 18.0 Å². The summed E-state index contributed by atoms with van der Waals surface area (Å²) in [5.41, 5.74) is 1.88. The summed E-state index contributed by atoms with van der Waals surface area (Å²) in [6.45, 7) is 10.0. The molecule has 0 saturated heterocycles. The molecule has 2 aromatic rings. The van der Waals surface area contributed by atoms with E-state index < -0.39 is 0 Å². The molecular weight excluding hydrogens is 346 g/mol. The molecule has 1 nitrogen and oxygen atoms in total. The third kappa shape index (κ3) is 5.38. The zero-order chi connectivity index (χ0) is 16.3. The number of pyridine rings is 1. The van der Waals surface area contributed by atoms with Gasteiger partial charge in [-0.1, -0.05) is 61.7 Å². The van der Waals surface area contributed by atoms with Crippen molar-refractivity contribution in [3.8, 4) is 12.3 Å². The minimum Gasteiger partial charge on any atom is -0.263 e. The van der Waals surface area contributed by atoms with E-state index in [2.05, 4.69) is 40.0 Å². The molecule has 1 atom stereocenters. The lowest BCUT2D eigenvalue weighted by Crippen LogP contribution is -2.00. The van der Waals surface area contributed by atoms with Crippen LogP contribution in [0.2, 0.25) is 5.02 Å². The molecule has 1 aromatic heterocycles. The summed E-state index contributed by atoms with van der Waals surface area (Å²) >= 11 is 9.59. The second kappa shape index (κ2) is 11.1. The van der Waals surface area contributed by atoms with E-state index in [1.807, 2.05) is 44.2 Å². The average molecular weight is 365 g/mol. The standard InChI is InChI=1S/C14H9BrClN.C2H6.C2H4/c1-2-11(10-6-4-3-5-7-10)12-8-17-9-13(15)14(12)16;2*1-2/h1,3-9,11H;1-2H3;1-2H2. The van der Waals surface area contributed by atoms with Crippen LogP contribution in [-0.4, -0.2) is 4.98 Å². The van der Waals surface area contributed by atoms with Crippen molar-refractivity contribution in [3.05, 3.63) is 76.5 Å². The van der Waals surface area contributed by atoms with Crippen molar-refractivity contribution in [2.75, 3.05) is 0 Å². The van der Waals surface area contributed by atoms with Crippen LogP contribution in [0.5, 0.6) is 0 Å². The minimum absolute atomic E-state index is 0.173. The second-order valence-corrected chi connectivity index (χ2v) is 4.77.